The van der Waals surface area contributed by atoms with E-state index in [0.29, 0.717) is 13.2 Å². The van der Waals surface area contributed by atoms with Gasteiger partial charge in [0.2, 0.25) is 0 Å². The zero-order valence-electron chi connectivity index (χ0n) is 13.0. The minimum atomic E-state index is -0.881. The van der Waals surface area contributed by atoms with Crippen LogP contribution < -0.4 is 0 Å². The highest BCUT2D eigenvalue weighted by molar-refractivity contribution is 5.16. The smallest absolute Gasteiger partial charge is 0.186 e. The molecule has 2 saturated heterocycles. The Labute approximate surface area is 135 Å². The summed E-state index contributed by atoms with van der Waals surface area (Å²) in [6.07, 6.45) is -2.07. The number of fused-ring (bicyclic) bond motifs is 1. The van der Waals surface area contributed by atoms with Gasteiger partial charge in [0.05, 0.1) is 13.2 Å². The quantitative estimate of drug-likeness (QED) is 0.827. The van der Waals surface area contributed by atoms with E-state index in [1.807, 2.05) is 30.3 Å². The van der Waals surface area contributed by atoms with Gasteiger partial charge < -0.3 is 28.8 Å². The van der Waals surface area contributed by atoms with Gasteiger partial charge in [0.1, 0.15) is 24.4 Å². The highest BCUT2D eigenvalue weighted by Gasteiger charge is 2.50. The Morgan fingerprint density at radius 1 is 1.30 bits per heavy atom. The van der Waals surface area contributed by atoms with E-state index < -0.39 is 37.0 Å². The molecule has 126 valence electrons. The van der Waals surface area contributed by atoms with Crippen molar-refractivity contribution in [1.29, 1.82) is 0 Å². The molecule has 6 heteroatoms. The molecular weight excluding hydrogens is 300 g/mol. The molecule has 2 fully saturated rings. The highest BCUT2D eigenvalue weighted by atomic mass is 16.8. The van der Waals surface area contributed by atoms with E-state index in [2.05, 4.69) is 6.58 Å². The zero-order valence-corrected chi connectivity index (χ0v) is 13.0. The maximum atomic E-state index is 10.7. The summed E-state index contributed by atoms with van der Waals surface area (Å²) in [4.78, 5) is 0. The molecule has 0 spiro atoms. The Balaban J connectivity index is 1.73. The molecule has 6 nitrogen and oxygen atoms in total. The monoisotopic (exact) mass is 322 g/mol. The van der Waals surface area contributed by atoms with Crippen molar-refractivity contribution >= 4 is 0 Å². The molecule has 0 radical (unpaired) electrons. The summed E-state index contributed by atoms with van der Waals surface area (Å²) < 4.78 is 28.3. The van der Waals surface area contributed by atoms with E-state index in [9.17, 15) is 5.11 Å². The SMILES string of the molecule is C=CCO[C@H]1[C@@H](OC)O[C@@H]2COC(c3ccccc3)O[C@H]2[C@@H]1O. The van der Waals surface area contributed by atoms with Gasteiger partial charge in [-0.3, -0.25) is 0 Å². The average molecular weight is 322 g/mol. The van der Waals surface area contributed by atoms with Crippen LogP contribution in [0.25, 0.3) is 0 Å². The molecule has 0 aliphatic carbocycles. The molecule has 1 aromatic carbocycles. The van der Waals surface area contributed by atoms with Crippen molar-refractivity contribution in [3.8, 4) is 0 Å². The second kappa shape index (κ2) is 7.53. The van der Waals surface area contributed by atoms with Crippen LogP contribution in [-0.4, -0.2) is 56.1 Å². The van der Waals surface area contributed by atoms with E-state index >= 15 is 0 Å². The number of aliphatic hydroxyl groups is 1. The predicted octanol–water partition coefficient (Wildman–Crippen LogP) is 1.40. The molecule has 23 heavy (non-hydrogen) atoms. The van der Waals surface area contributed by atoms with E-state index in [0.717, 1.165) is 5.56 Å². The summed E-state index contributed by atoms with van der Waals surface area (Å²) in [5, 5.41) is 10.7. The lowest BCUT2D eigenvalue weighted by atomic mass is 9.97. The fourth-order valence-electron chi connectivity index (χ4n) is 2.89. The molecule has 0 aromatic heterocycles. The molecule has 1 unspecified atom stereocenters. The lowest BCUT2D eigenvalue weighted by molar-refractivity contribution is -0.361. The van der Waals surface area contributed by atoms with Gasteiger partial charge in [-0.05, 0) is 0 Å². The van der Waals surface area contributed by atoms with Crippen molar-refractivity contribution in [3.05, 3.63) is 48.6 Å². The van der Waals surface area contributed by atoms with Gasteiger partial charge in [-0.2, -0.15) is 0 Å². The molecule has 1 N–H and O–H groups in total. The van der Waals surface area contributed by atoms with E-state index in [1.165, 1.54) is 7.11 Å². The van der Waals surface area contributed by atoms with Gasteiger partial charge >= 0.3 is 0 Å². The maximum absolute atomic E-state index is 10.7. The topological polar surface area (TPSA) is 66.4 Å². The fourth-order valence-corrected chi connectivity index (χ4v) is 2.89. The van der Waals surface area contributed by atoms with Crippen LogP contribution in [-0.2, 0) is 23.7 Å². The third kappa shape index (κ3) is 3.47. The summed E-state index contributed by atoms with van der Waals surface area (Å²) >= 11 is 0. The van der Waals surface area contributed by atoms with Gasteiger partial charge in [-0.1, -0.05) is 36.4 Å². The number of rotatable bonds is 5. The van der Waals surface area contributed by atoms with Crippen LogP contribution in [0, 0.1) is 0 Å². The first kappa shape index (κ1) is 16.6. The van der Waals surface area contributed by atoms with Crippen molar-refractivity contribution in [2.75, 3.05) is 20.3 Å². The third-order valence-corrected chi connectivity index (χ3v) is 4.02. The molecular formula is C17H22O6. The maximum Gasteiger partial charge on any atom is 0.186 e. The van der Waals surface area contributed by atoms with Gasteiger partial charge in [-0.25, -0.2) is 0 Å². The Kier molecular flexibility index (Phi) is 5.42. The largest absolute Gasteiger partial charge is 0.387 e. The average Bonchev–Trinajstić information content (AvgIpc) is 2.61. The lowest BCUT2D eigenvalue weighted by Gasteiger charge is -2.47. The molecule has 0 bridgehead atoms. The van der Waals surface area contributed by atoms with Crippen molar-refractivity contribution in [3.63, 3.8) is 0 Å². The molecule has 0 amide bonds. The number of methoxy groups -OCH3 is 1. The first-order chi connectivity index (χ1) is 11.2. The zero-order chi connectivity index (χ0) is 16.2. The summed E-state index contributed by atoms with van der Waals surface area (Å²) in [5.74, 6) is 0. The van der Waals surface area contributed by atoms with E-state index in [4.69, 9.17) is 23.7 Å². The number of ether oxygens (including phenoxy) is 5. The number of hydrogen-bond acceptors (Lipinski definition) is 6. The van der Waals surface area contributed by atoms with Crippen LogP contribution in [0.4, 0.5) is 0 Å². The number of hydrogen-bond donors (Lipinski definition) is 1. The lowest BCUT2D eigenvalue weighted by Crippen LogP contribution is -2.62. The number of benzene rings is 1. The molecule has 2 aliphatic heterocycles. The van der Waals surface area contributed by atoms with Crippen molar-refractivity contribution in [2.45, 2.75) is 37.0 Å². The predicted molar refractivity (Wildman–Crippen MR) is 81.6 cm³/mol. The number of aliphatic hydroxyl groups excluding tert-OH is 1. The first-order valence-electron chi connectivity index (χ1n) is 7.65. The fraction of sp³-hybridized carbons (Fsp3) is 0.529. The summed E-state index contributed by atoms with van der Waals surface area (Å²) in [6.45, 7) is 4.22. The van der Waals surface area contributed by atoms with Crippen LogP contribution in [0.5, 0.6) is 0 Å². The first-order valence-corrected chi connectivity index (χ1v) is 7.65. The van der Waals surface area contributed by atoms with Crippen LogP contribution in [0.1, 0.15) is 11.9 Å². The van der Waals surface area contributed by atoms with E-state index in [1.54, 1.807) is 6.08 Å². The molecule has 0 saturated carbocycles. The normalized spacial score (nSPS) is 37.1. The molecule has 2 aliphatic rings. The third-order valence-electron chi connectivity index (χ3n) is 4.02. The summed E-state index contributed by atoms with van der Waals surface area (Å²) in [5.41, 5.74) is 0.899. The molecule has 1 aromatic rings. The van der Waals surface area contributed by atoms with Crippen LogP contribution >= 0.6 is 0 Å². The summed E-state index contributed by atoms with van der Waals surface area (Å²) in [6, 6.07) is 9.60. The van der Waals surface area contributed by atoms with Gasteiger partial charge in [0, 0.05) is 12.7 Å². The van der Waals surface area contributed by atoms with E-state index in [-0.39, 0.29) is 0 Å². The standard InChI is InChI=1S/C17H22O6/c1-3-9-20-15-13(18)14-12(22-17(15)19-2)10-21-16(23-14)11-7-5-4-6-8-11/h3-8,12-18H,1,9-10H2,2H3/t12-,13+,14-,15-,16?,17+/m1/s1. The van der Waals surface area contributed by atoms with Crippen LogP contribution in [0.3, 0.4) is 0 Å². The van der Waals surface area contributed by atoms with Crippen molar-refractivity contribution in [1.82, 2.24) is 0 Å². The second-order valence-electron chi connectivity index (χ2n) is 5.53. The second-order valence-corrected chi connectivity index (χ2v) is 5.53. The Hall–Kier alpha value is -1.28. The molecule has 3 rings (SSSR count). The minimum absolute atomic E-state index is 0.293. The van der Waals surface area contributed by atoms with Gasteiger partial charge in [0.15, 0.2) is 12.6 Å². The Morgan fingerprint density at radius 2 is 2.09 bits per heavy atom. The highest BCUT2D eigenvalue weighted by Crippen LogP contribution is 2.35. The molecule has 2 heterocycles. The minimum Gasteiger partial charge on any atom is -0.387 e. The van der Waals surface area contributed by atoms with Crippen LogP contribution in [0.15, 0.2) is 43.0 Å². The van der Waals surface area contributed by atoms with Crippen molar-refractivity contribution in [2.24, 2.45) is 0 Å². The van der Waals surface area contributed by atoms with Crippen LogP contribution in [0.2, 0.25) is 0 Å². The van der Waals surface area contributed by atoms with Gasteiger partial charge in [0.25, 0.3) is 0 Å². The molecule has 6 atom stereocenters. The van der Waals surface area contributed by atoms with Crippen molar-refractivity contribution < 1.29 is 28.8 Å². The van der Waals surface area contributed by atoms with Gasteiger partial charge in [-0.15, -0.1) is 6.58 Å². The summed E-state index contributed by atoms with van der Waals surface area (Å²) in [7, 11) is 1.51. The Morgan fingerprint density at radius 3 is 2.78 bits per heavy atom. The Bertz CT molecular complexity index is 507.